The Morgan fingerprint density at radius 1 is 1.11 bits per heavy atom. The van der Waals surface area contributed by atoms with E-state index in [-0.39, 0.29) is 30.5 Å². The van der Waals surface area contributed by atoms with Gasteiger partial charge in [-0.25, -0.2) is 12.8 Å². The molecule has 0 aromatic heterocycles. The van der Waals surface area contributed by atoms with Crippen molar-refractivity contribution in [3.05, 3.63) is 63.9 Å². The van der Waals surface area contributed by atoms with Crippen LogP contribution in [0.25, 0.3) is 0 Å². The fourth-order valence-electron chi connectivity index (χ4n) is 3.42. The number of hydrogen-bond acceptors (Lipinski definition) is 4. The van der Waals surface area contributed by atoms with Crippen LogP contribution in [0, 0.1) is 11.7 Å². The number of rotatable bonds is 11. The lowest BCUT2D eigenvalue weighted by Gasteiger charge is -2.33. The molecule has 0 saturated carbocycles. The Bertz CT molecular complexity index is 1160. The molecule has 0 bridgehead atoms. The molecule has 1 atom stereocenters. The van der Waals surface area contributed by atoms with Gasteiger partial charge in [-0.2, -0.15) is 0 Å². The highest BCUT2D eigenvalue weighted by Crippen LogP contribution is 2.25. The number of nitrogens with zero attached hydrogens (tertiary/aromatic N) is 2. The molecule has 11 heteroatoms. The first kappa shape index (κ1) is 28.9. The van der Waals surface area contributed by atoms with Crippen LogP contribution in [0.4, 0.5) is 10.1 Å². The summed E-state index contributed by atoms with van der Waals surface area (Å²) in [7, 11) is -3.95. The molecule has 0 spiro atoms. The van der Waals surface area contributed by atoms with Crippen LogP contribution in [0.15, 0.2) is 42.5 Å². The largest absolute Gasteiger partial charge is 0.354 e. The van der Waals surface area contributed by atoms with Gasteiger partial charge in [-0.05, 0) is 48.2 Å². The van der Waals surface area contributed by atoms with Crippen molar-refractivity contribution in [3.8, 4) is 0 Å². The summed E-state index contributed by atoms with van der Waals surface area (Å²) >= 11 is 12.3. The summed E-state index contributed by atoms with van der Waals surface area (Å²) in [5, 5.41) is 3.55. The van der Waals surface area contributed by atoms with Crippen LogP contribution in [-0.4, -0.2) is 50.5 Å². The second-order valence-corrected chi connectivity index (χ2v) is 11.3. The second-order valence-electron chi connectivity index (χ2n) is 8.57. The van der Waals surface area contributed by atoms with Gasteiger partial charge in [0.2, 0.25) is 21.8 Å². The SMILES string of the molecule is CCC(C(=O)NCC(C)C)N(Cc1ccc(Cl)cc1Cl)C(=O)CN(c1cccc(F)c1)S(C)(=O)=O. The molecule has 1 unspecified atom stereocenters. The van der Waals surface area contributed by atoms with Gasteiger partial charge in [0.05, 0.1) is 11.9 Å². The lowest BCUT2D eigenvalue weighted by molar-refractivity contribution is -0.140. The summed E-state index contributed by atoms with van der Waals surface area (Å²) < 4.78 is 39.7. The number of hydrogen-bond donors (Lipinski definition) is 1. The molecule has 0 saturated heterocycles. The normalized spacial score (nSPS) is 12.3. The maximum Gasteiger partial charge on any atom is 0.244 e. The average molecular weight is 546 g/mol. The van der Waals surface area contributed by atoms with Crippen LogP contribution in [-0.2, 0) is 26.2 Å². The second kappa shape index (κ2) is 12.6. The van der Waals surface area contributed by atoms with E-state index in [1.165, 1.54) is 29.2 Å². The quantitative estimate of drug-likeness (QED) is 0.451. The van der Waals surface area contributed by atoms with Gasteiger partial charge < -0.3 is 10.2 Å². The molecule has 192 valence electrons. The third kappa shape index (κ3) is 8.37. The number of anilines is 1. The van der Waals surface area contributed by atoms with Gasteiger partial charge in [0.25, 0.3) is 0 Å². The minimum atomic E-state index is -3.95. The summed E-state index contributed by atoms with van der Waals surface area (Å²) in [5.41, 5.74) is 0.541. The number of carbonyl (C=O) groups is 2. The third-order valence-electron chi connectivity index (χ3n) is 5.20. The Morgan fingerprint density at radius 3 is 2.34 bits per heavy atom. The fraction of sp³-hybridized carbons (Fsp3) is 0.417. The highest BCUT2D eigenvalue weighted by molar-refractivity contribution is 7.92. The van der Waals surface area contributed by atoms with E-state index in [0.29, 0.717) is 22.2 Å². The van der Waals surface area contributed by atoms with Gasteiger partial charge in [0.15, 0.2) is 0 Å². The van der Waals surface area contributed by atoms with Crippen LogP contribution in [0.2, 0.25) is 10.0 Å². The number of nitrogens with one attached hydrogen (secondary N) is 1. The van der Waals surface area contributed by atoms with Crippen LogP contribution in [0.5, 0.6) is 0 Å². The number of carbonyl (C=O) groups excluding carboxylic acids is 2. The molecule has 0 radical (unpaired) electrons. The van der Waals surface area contributed by atoms with E-state index in [4.69, 9.17) is 23.2 Å². The van der Waals surface area contributed by atoms with Gasteiger partial charge in [0.1, 0.15) is 18.4 Å². The molecule has 2 rings (SSSR count). The van der Waals surface area contributed by atoms with Crippen LogP contribution in [0.1, 0.15) is 32.8 Å². The van der Waals surface area contributed by atoms with E-state index in [0.717, 1.165) is 16.6 Å². The molecule has 7 nitrogen and oxygen atoms in total. The van der Waals surface area contributed by atoms with Crippen molar-refractivity contribution < 1.29 is 22.4 Å². The highest BCUT2D eigenvalue weighted by atomic mass is 35.5. The van der Waals surface area contributed by atoms with Crippen LogP contribution >= 0.6 is 23.2 Å². The van der Waals surface area contributed by atoms with Crippen LogP contribution in [0.3, 0.4) is 0 Å². The van der Waals surface area contributed by atoms with Crippen molar-refractivity contribution in [1.82, 2.24) is 10.2 Å². The number of amides is 2. The van der Waals surface area contributed by atoms with Crippen molar-refractivity contribution in [2.45, 2.75) is 39.8 Å². The zero-order chi connectivity index (χ0) is 26.3. The van der Waals surface area contributed by atoms with E-state index in [1.807, 2.05) is 13.8 Å². The topological polar surface area (TPSA) is 86.8 Å². The molecule has 0 aliphatic rings. The zero-order valence-corrected chi connectivity index (χ0v) is 22.4. The molecular formula is C24H30Cl2FN3O4S. The van der Waals surface area contributed by atoms with Gasteiger partial charge in [0, 0.05) is 23.1 Å². The smallest absolute Gasteiger partial charge is 0.244 e. The van der Waals surface area contributed by atoms with Gasteiger partial charge in [-0.3, -0.25) is 13.9 Å². The Hall–Kier alpha value is -2.36. The number of halogens is 3. The minimum absolute atomic E-state index is 0.00244. The first-order valence-corrected chi connectivity index (χ1v) is 13.7. The molecule has 35 heavy (non-hydrogen) atoms. The average Bonchev–Trinajstić information content (AvgIpc) is 2.76. The van der Waals surface area contributed by atoms with Crippen molar-refractivity contribution in [2.75, 3.05) is 23.7 Å². The van der Waals surface area contributed by atoms with Crippen molar-refractivity contribution in [1.29, 1.82) is 0 Å². The molecular weight excluding hydrogens is 516 g/mol. The summed E-state index contributed by atoms with van der Waals surface area (Å²) in [4.78, 5) is 27.9. The zero-order valence-electron chi connectivity index (χ0n) is 20.1. The highest BCUT2D eigenvalue weighted by Gasteiger charge is 2.32. The first-order chi connectivity index (χ1) is 16.3. The van der Waals surface area contributed by atoms with E-state index < -0.39 is 34.3 Å². The van der Waals surface area contributed by atoms with Crippen molar-refractivity contribution in [3.63, 3.8) is 0 Å². The third-order valence-corrected chi connectivity index (χ3v) is 6.93. The molecule has 0 aliphatic heterocycles. The van der Waals surface area contributed by atoms with Crippen molar-refractivity contribution in [2.24, 2.45) is 5.92 Å². The Morgan fingerprint density at radius 2 is 1.80 bits per heavy atom. The maximum absolute atomic E-state index is 13.8. The Balaban J connectivity index is 2.46. The van der Waals surface area contributed by atoms with Gasteiger partial charge in [-0.15, -0.1) is 0 Å². The standard InChI is InChI=1S/C24H30Cl2FN3O4S/c1-5-22(24(32)28-13-16(2)3)29(14-17-9-10-18(25)11-21(17)26)23(31)15-30(35(4,33)34)20-8-6-7-19(27)12-20/h6-12,16,22H,5,13-15H2,1-4H3,(H,28,32). The van der Waals surface area contributed by atoms with Crippen LogP contribution < -0.4 is 9.62 Å². The number of benzene rings is 2. The van der Waals surface area contributed by atoms with Gasteiger partial charge in [-0.1, -0.05) is 56.1 Å². The fourth-order valence-corrected chi connectivity index (χ4v) is 4.73. The minimum Gasteiger partial charge on any atom is -0.354 e. The summed E-state index contributed by atoms with van der Waals surface area (Å²) in [5.74, 6) is -1.46. The molecule has 0 fully saturated rings. The summed E-state index contributed by atoms with van der Waals surface area (Å²) in [6, 6.07) is 8.84. The lowest BCUT2D eigenvalue weighted by atomic mass is 10.1. The molecule has 1 N–H and O–H groups in total. The molecule has 0 heterocycles. The predicted molar refractivity (Wildman–Crippen MR) is 138 cm³/mol. The molecule has 2 amide bonds. The van der Waals surface area contributed by atoms with Crippen molar-refractivity contribution >= 4 is 50.7 Å². The monoisotopic (exact) mass is 545 g/mol. The van der Waals surface area contributed by atoms with Gasteiger partial charge >= 0.3 is 0 Å². The Labute approximate surface area is 216 Å². The van der Waals surface area contributed by atoms with E-state index in [1.54, 1.807) is 19.1 Å². The van der Waals surface area contributed by atoms with E-state index in [2.05, 4.69) is 5.32 Å². The molecule has 0 aliphatic carbocycles. The predicted octanol–water partition coefficient (Wildman–Crippen LogP) is 4.48. The molecule has 2 aromatic carbocycles. The van der Waals surface area contributed by atoms with E-state index >= 15 is 0 Å². The van der Waals surface area contributed by atoms with E-state index in [9.17, 15) is 22.4 Å². The summed E-state index contributed by atoms with van der Waals surface area (Å²) in [6.45, 7) is 5.38. The summed E-state index contributed by atoms with van der Waals surface area (Å²) in [6.07, 6.45) is 1.21. The first-order valence-electron chi connectivity index (χ1n) is 11.1. The maximum atomic E-state index is 13.8. The number of sulfonamides is 1. The Kier molecular flexibility index (Phi) is 10.4. The molecule has 2 aromatic rings. The lowest BCUT2D eigenvalue weighted by Crippen LogP contribution is -2.52.